The van der Waals surface area contributed by atoms with Crippen molar-refractivity contribution in [2.45, 2.75) is 64.7 Å². The minimum atomic E-state index is -1.11. The van der Waals surface area contributed by atoms with Gasteiger partial charge in [-0.2, -0.15) is 0 Å². The van der Waals surface area contributed by atoms with Crippen LogP contribution in [0.25, 0.3) is 0 Å². The maximum absolute atomic E-state index is 12.2. The lowest BCUT2D eigenvalue weighted by Crippen LogP contribution is -2.40. The summed E-state index contributed by atoms with van der Waals surface area (Å²) >= 11 is 0. The molecule has 25 heavy (non-hydrogen) atoms. The van der Waals surface area contributed by atoms with E-state index in [2.05, 4.69) is 0 Å². The maximum atomic E-state index is 12.2. The van der Waals surface area contributed by atoms with Gasteiger partial charge in [0.1, 0.15) is 0 Å². The van der Waals surface area contributed by atoms with E-state index in [4.69, 9.17) is 4.74 Å². The van der Waals surface area contributed by atoms with E-state index in [9.17, 15) is 19.8 Å². The van der Waals surface area contributed by atoms with E-state index in [-0.39, 0.29) is 17.4 Å². The van der Waals surface area contributed by atoms with Crippen molar-refractivity contribution in [3.63, 3.8) is 0 Å². The molecule has 0 amide bonds. The third kappa shape index (κ3) is 4.72. The zero-order chi connectivity index (χ0) is 18.5. The van der Waals surface area contributed by atoms with E-state index in [1.165, 1.54) is 6.42 Å². The van der Waals surface area contributed by atoms with Gasteiger partial charge in [-0.3, -0.25) is 4.79 Å². The molecule has 0 saturated heterocycles. The van der Waals surface area contributed by atoms with E-state index in [1.807, 2.05) is 0 Å². The Morgan fingerprint density at radius 2 is 1.88 bits per heavy atom. The zero-order valence-electron chi connectivity index (χ0n) is 15.3. The molecular weight excluding hydrogens is 320 g/mol. The Morgan fingerprint density at radius 1 is 1.20 bits per heavy atom. The average Bonchev–Trinajstić information content (AvgIpc) is 2.55. The van der Waals surface area contributed by atoms with Crippen LogP contribution in [0.2, 0.25) is 0 Å². The molecule has 1 saturated carbocycles. The molecule has 1 atom stereocenters. The van der Waals surface area contributed by atoms with Crippen molar-refractivity contribution >= 4 is 11.9 Å². The molecule has 1 unspecified atom stereocenters. The first kappa shape index (κ1) is 19.7. The normalized spacial score (nSPS) is 25.8. The molecular formula is C20H30O5. The number of allylic oxidation sites excluding steroid dienone is 2. The third-order valence-electron chi connectivity index (χ3n) is 5.77. The van der Waals surface area contributed by atoms with Crippen LogP contribution < -0.4 is 0 Å². The maximum Gasteiger partial charge on any atom is 0.331 e. The van der Waals surface area contributed by atoms with Gasteiger partial charge in [0.15, 0.2) is 0 Å². The van der Waals surface area contributed by atoms with Crippen LogP contribution in [0.4, 0.5) is 0 Å². The number of hydrogen-bond acceptors (Lipinski definition) is 3. The first-order chi connectivity index (χ1) is 11.8. The molecule has 2 aliphatic carbocycles. The van der Waals surface area contributed by atoms with Crippen LogP contribution in [0, 0.1) is 10.8 Å². The van der Waals surface area contributed by atoms with Gasteiger partial charge in [0.2, 0.25) is 0 Å². The quantitative estimate of drug-likeness (QED) is 0.641. The summed E-state index contributed by atoms with van der Waals surface area (Å²) in [5.41, 5.74) is -0.219. The average molecular weight is 350 g/mol. The van der Waals surface area contributed by atoms with E-state index in [0.29, 0.717) is 13.0 Å². The largest absolute Gasteiger partial charge is 0.481 e. The summed E-state index contributed by atoms with van der Waals surface area (Å²) < 4.78 is 5.19. The molecule has 0 aromatic rings. The molecule has 1 fully saturated rings. The minimum Gasteiger partial charge on any atom is -0.481 e. The fourth-order valence-electron chi connectivity index (χ4n) is 4.74. The van der Waals surface area contributed by atoms with Gasteiger partial charge in [0, 0.05) is 19.3 Å². The number of hydrogen-bond donors (Lipinski definition) is 2. The summed E-state index contributed by atoms with van der Waals surface area (Å²) in [5.74, 6) is -1.93. The van der Waals surface area contributed by atoms with Crippen LogP contribution in [0.3, 0.4) is 0 Å². The highest BCUT2D eigenvalue weighted by Gasteiger charge is 2.47. The van der Waals surface area contributed by atoms with Gasteiger partial charge in [-0.25, -0.2) is 4.79 Å². The monoisotopic (exact) mass is 350 g/mol. The molecule has 0 heterocycles. The molecule has 0 aromatic carbocycles. The van der Waals surface area contributed by atoms with Crippen molar-refractivity contribution in [3.8, 4) is 0 Å². The smallest absolute Gasteiger partial charge is 0.331 e. The number of carboxylic acids is 2. The molecule has 0 radical (unpaired) electrons. The Bertz CT molecular complexity index is 569. The first-order valence-electron chi connectivity index (χ1n) is 9.18. The van der Waals surface area contributed by atoms with E-state index >= 15 is 0 Å². The number of carbonyl (C=O) groups is 2. The van der Waals surface area contributed by atoms with Crippen LogP contribution in [-0.4, -0.2) is 35.9 Å². The lowest BCUT2D eigenvalue weighted by Gasteiger charge is -2.44. The second kappa shape index (κ2) is 8.17. The highest BCUT2D eigenvalue weighted by atomic mass is 16.5. The first-order valence-corrected chi connectivity index (χ1v) is 9.18. The number of ether oxygens (including phenoxy) is 1. The van der Waals surface area contributed by atoms with E-state index in [0.717, 1.165) is 44.1 Å². The number of methoxy groups -OCH3 is 1. The predicted octanol–water partition coefficient (Wildman–Crippen LogP) is 4.19. The summed E-state index contributed by atoms with van der Waals surface area (Å²) in [7, 11) is 1.68. The van der Waals surface area contributed by atoms with Crippen LogP contribution in [0.5, 0.6) is 0 Å². The van der Waals surface area contributed by atoms with Gasteiger partial charge in [-0.1, -0.05) is 30.9 Å². The van der Waals surface area contributed by atoms with Gasteiger partial charge in [-0.15, -0.1) is 0 Å². The minimum absolute atomic E-state index is 0.0348. The highest BCUT2D eigenvalue weighted by molar-refractivity contribution is 5.90. The molecule has 5 nitrogen and oxygen atoms in total. The SMILES string of the molecule is COCCCC1(CC2(C(=O)O)C=C(C)C=C(C(=O)O)C2)CCCCC1. The summed E-state index contributed by atoms with van der Waals surface area (Å²) in [4.78, 5) is 23.7. The number of carboxylic acid groups (broad SMARTS) is 2. The molecule has 2 rings (SSSR count). The lowest BCUT2D eigenvalue weighted by atomic mass is 9.60. The summed E-state index contributed by atoms with van der Waals surface area (Å²) in [6.07, 6.45) is 11.3. The second-order valence-electron chi connectivity index (χ2n) is 7.83. The lowest BCUT2D eigenvalue weighted by molar-refractivity contribution is -0.149. The van der Waals surface area contributed by atoms with Gasteiger partial charge >= 0.3 is 11.9 Å². The molecule has 0 aliphatic heterocycles. The van der Waals surface area contributed by atoms with Gasteiger partial charge in [0.25, 0.3) is 0 Å². The molecule has 0 spiro atoms. The van der Waals surface area contributed by atoms with Crippen molar-refractivity contribution in [3.05, 3.63) is 23.3 Å². The fraction of sp³-hybridized carbons (Fsp3) is 0.700. The topological polar surface area (TPSA) is 83.8 Å². The number of rotatable bonds is 8. The third-order valence-corrected chi connectivity index (χ3v) is 5.77. The Labute approximate surface area is 149 Å². The summed E-state index contributed by atoms with van der Waals surface area (Å²) in [5, 5.41) is 19.4. The fourth-order valence-corrected chi connectivity index (χ4v) is 4.74. The van der Waals surface area contributed by atoms with Gasteiger partial charge < -0.3 is 14.9 Å². The van der Waals surface area contributed by atoms with E-state index < -0.39 is 17.4 Å². The Morgan fingerprint density at radius 3 is 2.44 bits per heavy atom. The van der Waals surface area contributed by atoms with Gasteiger partial charge in [0.05, 0.1) is 5.41 Å². The Balaban J connectivity index is 2.30. The molecule has 2 N–H and O–H groups in total. The van der Waals surface area contributed by atoms with Crippen LogP contribution in [0.15, 0.2) is 23.3 Å². The molecule has 0 aromatic heterocycles. The zero-order valence-corrected chi connectivity index (χ0v) is 15.3. The van der Waals surface area contributed by atoms with E-state index in [1.54, 1.807) is 26.2 Å². The molecule has 140 valence electrons. The van der Waals surface area contributed by atoms with Crippen molar-refractivity contribution in [2.24, 2.45) is 10.8 Å². The van der Waals surface area contributed by atoms with Crippen LogP contribution >= 0.6 is 0 Å². The molecule has 0 bridgehead atoms. The van der Waals surface area contributed by atoms with Crippen LogP contribution in [0.1, 0.15) is 64.7 Å². The summed E-state index contributed by atoms with van der Waals surface area (Å²) in [6, 6.07) is 0. The van der Waals surface area contributed by atoms with Crippen molar-refractivity contribution < 1.29 is 24.5 Å². The van der Waals surface area contributed by atoms with Crippen molar-refractivity contribution in [1.82, 2.24) is 0 Å². The Hall–Kier alpha value is -1.62. The van der Waals surface area contributed by atoms with Crippen molar-refractivity contribution in [1.29, 1.82) is 0 Å². The molecule has 2 aliphatic rings. The molecule has 5 heteroatoms. The summed E-state index contributed by atoms with van der Waals surface area (Å²) in [6.45, 7) is 2.47. The van der Waals surface area contributed by atoms with Gasteiger partial charge in [-0.05, 0) is 56.9 Å². The Kier molecular flexibility index (Phi) is 6.44. The highest BCUT2D eigenvalue weighted by Crippen LogP contribution is 2.52. The standard InChI is InChI=1S/C20H30O5/c1-15-11-16(17(21)22)13-20(12-15,18(23)24)14-19(9-6-10-25-2)7-4-3-5-8-19/h11-12H,3-10,13-14H2,1-2H3,(H,21,22)(H,23,24). The van der Waals surface area contributed by atoms with Crippen molar-refractivity contribution in [2.75, 3.05) is 13.7 Å². The second-order valence-corrected chi connectivity index (χ2v) is 7.83. The van der Waals surface area contributed by atoms with Crippen LogP contribution in [-0.2, 0) is 14.3 Å². The number of aliphatic carboxylic acids is 2. The predicted molar refractivity (Wildman–Crippen MR) is 95.4 cm³/mol.